The maximum Gasteiger partial charge on any atom is 0.121 e. The molecule has 2 rings (SSSR count). The Bertz CT molecular complexity index is 647. The summed E-state index contributed by atoms with van der Waals surface area (Å²) < 4.78 is 5.66. The van der Waals surface area contributed by atoms with E-state index in [1.54, 1.807) is 24.3 Å². The molecule has 0 radical (unpaired) electrons. The number of hydrogen-bond donors (Lipinski definition) is 0. The molecule has 4 heteroatoms. The molecule has 2 nitrogen and oxygen atoms in total. The highest BCUT2D eigenvalue weighted by Crippen LogP contribution is 2.27. The second kappa shape index (κ2) is 5.97. The van der Waals surface area contributed by atoms with Gasteiger partial charge in [0.2, 0.25) is 0 Å². The molecule has 0 heterocycles. The van der Waals surface area contributed by atoms with Crippen LogP contribution in [-0.2, 0) is 6.61 Å². The van der Waals surface area contributed by atoms with E-state index in [4.69, 9.17) is 33.2 Å². The van der Waals surface area contributed by atoms with Crippen molar-refractivity contribution < 1.29 is 4.74 Å². The van der Waals surface area contributed by atoms with Gasteiger partial charge in [-0.15, -0.1) is 0 Å². The van der Waals surface area contributed by atoms with Gasteiger partial charge in [-0.2, -0.15) is 5.26 Å². The lowest BCUT2D eigenvalue weighted by Gasteiger charge is -2.09. The molecule has 0 saturated heterocycles. The average Bonchev–Trinajstić information content (AvgIpc) is 2.41. The summed E-state index contributed by atoms with van der Waals surface area (Å²) in [5.41, 5.74) is 2.71. The summed E-state index contributed by atoms with van der Waals surface area (Å²) in [4.78, 5) is 0. The first kappa shape index (κ1) is 13.7. The van der Waals surface area contributed by atoms with Gasteiger partial charge in [-0.3, -0.25) is 0 Å². The molecule has 0 aliphatic rings. The standard InChI is InChI=1S/C15H11Cl2NO/c1-10-6-11(8-18)2-3-12(10)9-19-13-4-5-14(16)15(17)7-13/h2-7H,9H2,1H3. The molecule has 0 saturated carbocycles. The molecular weight excluding hydrogens is 281 g/mol. The van der Waals surface area contributed by atoms with Crippen LogP contribution in [0.3, 0.4) is 0 Å². The van der Waals surface area contributed by atoms with Crippen molar-refractivity contribution in [2.24, 2.45) is 0 Å². The minimum absolute atomic E-state index is 0.426. The van der Waals surface area contributed by atoms with E-state index >= 15 is 0 Å². The van der Waals surface area contributed by atoms with Crippen LogP contribution in [0, 0.1) is 18.3 Å². The molecule has 0 fully saturated rings. The third kappa shape index (κ3) is 3.41. The zero-order valence-electron chi connectivity index (χ0n) is 10.3. The second-order valence-electron chi connectivity index (χ2n) is 4.12. The number of nitrogens with zero attached hydrogens (tertiary/aromatic N) is 1. The van der Waals surface area contributed by atoms with Gasteiger partial charge in [-0.1, -0.05) is 29.3 Å². The summed E-state index contributed by atoms with van der Waals surface area (Å²) in [6.45, 7) is 2.38. The smallest absolute Gasteiger partial charge is 0.121 e. The highest BCUT2D eigenvalue weighted by molar-refractivity contribution is 6.42. The number of hydrogen-bond acceptors (Lipinski definition) is 2. The predicted molar refractivity (Wildman–Crippen MR) is 76.7 cm³/mol. The number of benzene rings is 2. The molecule has 0 aliphatic heterocycles. The van der Waals surface area contributed by atoms with Crippen LogP contribution in [0.4, 0.5) is 0 Å². The zero-order chi connectivity index (χ0) is 13.8. The van der Waals surface area contributed by atoms with Crippen LogP contribution in [0.2, 0.25) is 10.0 Å². The van der Waals surface area contributed by atoms with Crippen molar-refractivity contribution in [2.45, 2.75) is 13.5 Å². The number of nitriles is 1. The van der Waals surface area contributed by atoms with Gasteiger partial charge in [0.15, 0.2) is 0 Å². The largest absolute Gasteiger partial charge is 0.489 e. The summed E-state index contributed by atoms with van der Waals surface area (Å²) >= 11 is 11.8. The first-order valence-corrected chi connectivity index (χ1v) is 6.43. The third-order valence-electron chi connectivity index (χ3n) is 2.76. The van der Waals surface area contributed by atoms with E-state index in [0.717, 1.165) is 11.1 Å². The molecule has 0 aliphatic carbocycles. The van der Waals surface area contributed by atoms with E-state index in [1.807, 2.05) is 19.1 Å². The molecule has 2 aromatic rings. The fourth-order valence-corrected chi connectivity index (χ4v) is 1.94. The van der Waals surface area contributed by atoms with Crippen molar-refractivity contribution in [3.8, 4) is 11.8 Å². The molecule has 0 bridgehead atoms. The Morgan fingerprint density at radius 2 is 1.89 bits per heavy atom. The number of aryl methyl sites for hydroxylation is 1. The molecule has 19 heavy (non-hydrogen) atoms. The molecule has 0 atom stereocenters. The van der Waals surface area contributed by atoms with Crippen LogP contribution in [-0.4, -0.2) is 0 Å². The molecule has 0 N–H and O–H groups in total. The van der Waals surface area contributed by atoms with E-state index in [9.17, 15) is 0 Å². The summed E-state index contributed by atoms with van der Waals surface area (Å²) in [6, 6.07) is 12.8. The zero-order valence-corrected chi connectivity index (χ0v) is 11.8. The van der Waals surface area contributed by atoms with Crippen LogP contribution in [0.5, 0.6) is 5.75 Å². The van der Waals surface area contributed by atoms with Crippen LogP contribution < -0.4 is 4.74 Å². The maximum absolute atomic E-state index is 8.81. The summed E-state index contributed by atoms with van der Waals surface area (Å²) in [6.07, 6.45) is 0. The minimum atomic E-state index is 0.426. The Balaban J connectivity index is 2.10. The van der Waals surface area contributed by atoms with E-state index in [0.29, 0.717) is 28.0 Å². The van der Waals surface area contributed by atoms with Crippen molar-refractivity contribution in [3.63, 3.8) is 0 Å². The van der Waals surface area contributed by atoms with Crippen molar-refractivity contribution in [1.82, 2.24) is 0 Å². The van der Waals surface area contributed by atoms with Gasteiger partial charge in [0.25, 0.3) is 0 Å². The lowest BCUT2D eigenvalue weighted by molar-refractivity contribution is 0.305. The van der Waals surface area contributed by atoms with Crippen molar-refractivity contribution in [2.75, 3.05) is 0 Å². The SMILES string of the molecule is Cc1cc(C#N)ccc1COc1ccc(Cl)c(Cl)c1. The van der Waals surface area contributed by atoms with E-state index in [1.165, 1.54) is 0 Å². The predicted octanol–water partition coefficient (Wildman–Crippen LogP) is 4.75. The lowest BCUT2D eigenvalue weighted by atomic mass is 10.1. The van der Waals surface area contributed by atoms with E-state index in [2.05, 4.69) is 6.07 Å². The van der Waals surface area contributed by atoms with Crippen molar-refractivity contribution in [1.29, 1.82) is 5.26 Å². The Hall–Kier alpha value is -1.69. The second-order valence-corrected chi connectivity index (χ2v) is 4.93. The Morgan fingerprint density at radius 1 is 1.11 bits per heavy atom. The molecule has 0 aromatic heterocycles. The molecule has 2 aromatic carbocycles. The van der Waals surface area contributed by atoms with Gasteiger partial charge >= 0.3 is 0 Å². The van der Waals surface area contributed by atoms with Crippen LogP contribution in [0.1, 0.15) is 16.7 Å². The lowest BCUT2D eigenvalue weighted by Crippen LogP contribution is -1.98. The first-order chi connectivity index (χ1) is 9.10. The summed E-state index contributed by atoms with van der Waals surface area (Å²) in [5.74, 6) is 0.665. The summed E-state index contributed by atoms with van der Waals surface area (Å²) in [5, 5.41) is 9.78. The molecule has 0 unspecified atom stereocenters. The van der Waals surface area contributed by atoms with Gasteiger partial charge in [-0.25, -0.2) is 0 Å². The van der Waals surface area contributed by atoms with Crippen LogP contribution in [0.25, 0.3) is 0 Å². The number of rotatable bonds is 3. The number of ether oxygens (including phenoxy) is 1. The quantitative estimate of drug-likeness (QED) is 0.817. The van der Waals surface area contributed by atoms with Gasteiger partial charge < -0.3 is 4.74 Å². The molecule has 96 valence electrons. The van der Waals surface area contributed by atoms with E-state index < -0.39 is 0 Å². The van der Waals surface area contributed by atoms with Crippen LogP contribution in [0.15, 0.2) is 36.4 Å². The average molecular weight is 292 g/mol. The van der Waals surface area contributed by atoms with E-state index in [-0.39, 0.29) is 0 Å². The van der Waals surface area contributed by atoms with Gasteiger partial charge in [0.05, 0.1) is 21.7 Å². The topological polar surface area (TPSA) is 33.0 Å². The molecular formula is C15H11Cl2NO. The summed E-state index contributed by atoms with van der Waals surface area (Å²) in [7, 11) is 0. The normalized spacial score (nSPS) is 10.0. The minimum Gasteiger partial charge on any atom is -0.489 e. The van der Waals surface area contributed by atoms with Gasteiger partial charge in [0.1, 0.15) is 12.4 Å². The number of halogens is 2. The fraction of sp³-hybridized carbons (Fsp3) is 0.133. The third-order valence-corrected chi connectivity index (χ3v) is 3.50. The van der Waals surface area contributed by atoms with Gasteiger partial charge in [-0.05, 0) is 42.3 Å². The Labute approximate surface area is 122 Å². The fourth-order valence-electron chi connectivity index (χ4n) is 1.66. The molecule has 0 amide bonds. The first-order valence-electron chi connectivity index (χ1n) is 5.67. The maximum atomic E-state index is 8.81. The Morgan fingerprint density at radius 3 is 2.53 bits per heavy atom. The van der Waals surface area contributed by atoms with Crippen molar-refractivity contribution >= 4 is 23.2 Å². The highest BCUT2D eigenvalue weighted by Gasteiger charge is 2.03. The van der Waals surface area contributed by atoms with Crippen molar-refractivity contribution in [3.05, 3.63) is 63.1 Å². The molecule has 0 spiro atoms. The highest BCUT2D eigenvalue weighted by atomic mass is 35.5. The van der Waals surface area contributed by atoms with Crippen LogP contribution >= 0.6 is 23.2 Å². The van der Waals surface area contributed by atoms with Gasteiger partial charge in [0, 0.05) is 6.07 Å². The Kier molecular flexibility index (Phi) is 4.31. The monoisotopic (exact) mass is 291 g/mol.